The van der Waals surface area contributed by atoms with Crippen molar-refractivity contribution in [1.29, 1.82) is 0 Å². The molecule has 0 bridgehead atoms. The molecule has 3 rings (SSSR count). The number of hydrogen-bond donors (Lipinski definition) is 1. The third-order valence-electron chi connectivity index (χ3n) is 3.53. The first-order valence-corrected chi connectivity index (χ1v) is 7.02. The fourth-order valence-corrected chi connectivity index (χ4v) is 2.98. The molecule has 0 saturated carbocycles. The van der Waals surface area contributed by atoms with Gasteiger partial charge in [-0.3, -0.25) is 0 Å². The van der Waals surface area contributed by atoms with Gasteiger partial charge in [-0.25, -0.2) is 0 Å². The van der Waals surface area contributed by atoms with E-state index in [0.29, 0.717) is 12.5 Å². The van der Waals surface area contributed by atoms with E-state index in [9.17, 15) is 0 Å². The highest BCUT2D eigenvalue weighted by Gasteiger charge is 2.28. The molecule has 2 N–H and O–H groups in total. The van der Waals surface area contributed by atoms with Crippen molar-refractivity contribution in [2.75, 3.05) is 13.2 Å². The summed E-state index contributed by atoms with van der Waals surface area (Å²) in [4.78, 5) is 0.817. The molecule has 1 fully saturated rings. The molecule has 7 heteroatoms. The maximum Gasteiger partial charge on any atom is 0.234 e. The summed E-state index contributed by atoms with van der Waals surface area (Å²) < 4.78 is 7.23. The molecule has 0 radical (unpaired) electrons. The molecule has 1 saturated heterocycles. The van der Waals surface area contributed by atoms with Crippen LogP contribution in [0.15, 0.2) is 0 Å². The van der Waals surface area contributed by atoms with Gasteiger partial charge in [-0.2, -0.15) is 9.61 Å². The van der Waals surface area contributed by atoms with Gasteiger partial charge in [-0.05, 0) is 19.8 Å². The van der Waals surface area contributed by atoms with Crippen LogP contribution in [0, 0.1) is 0 Å². The van der Waals surface area contributed by atoms with Crippen LogP contribution < -0.4 is 5.73 Å². The third kappa shape index (κ3) is 1.82. The van der Waals surface area contributed by atoms with Crippen LogP contribution in [-0.2, 0) is 10.3 Å². The number of nitrogens with zero attached hydrogens (tertiary/aromatic N) is 4. The average Bonchev–Trinajstić information content (AvgIpc) is 3.03. The van der Waals surface area contributed by atoms with Gasteiger partial charge < -0.3 is 10.5 Å². The van der Waals surface area contributed by atoms with Gasteiger partial charge in [0.05, 0.1) is 12.1 Å². The quantitative estimate of drug-likeness (QED) is 0.906. The number of hydrogen-bond acceptors (Lipinski definition) is 6. The summed E-state index contributed by atoms with van der Waals surface area (Å²) in [5.74, 6) is 1.21. The van der Waals surface area contributed by atoms with Crippen LogP contribution in [0.4, 0.5) is 0 Å². The van der Waals surface area contributed by atoms with Gasteiger partial charge >= 0.3 is 0 Å². The summed E-state index contributed by atoms with van der Waals surface area (Å²) in [5, 5.41) is 13.9. The van der Waals surface area contributed by atoms with E-state index in [0.717, 1.165) is 35.2 Å². The van der Waals surface area contributed by atoms with Gasteiger partial charge in [0.2, 0.25) is 4.96 Å². The SMILES string of the molecule is CCC(C)(N)c1nn2c(C3CCOC3)nnc2s1. The lowest BCUT2D eigenvalue weighted by atomic mass is 10.0. The van der Waals surface area contributed by atoms with Crippen LogP contribution in [0.3, 0.4) is 0 Å². The molecule has 0 aromatic carbocycles. The van der Waals surface area contributed by atoms with Crippen molar-refractivity contribution in [3.05, 3.63) is 10.8 Å². The first kappa shape index (κ1) is 12.0. The Balaban J connectivity index is 2.02. The second-order valence-corrected chi connectivity index (χ2v) is 5.95. The number of aromatic nitrogens is 4. The lowest BCUT2D eigenvalue weighted by Gasteiger charge is -2.18. The van der Waals surface area contributed by atoms with Crippen LogP contribution in [0.5, 0.6) is 0 Å². The number of fused-ring (bicyclic) bond motifs is 1. The highest BCUT2D eigenvalue weighted by molar-refractivity contribution is 7.16. The van der Waals surface area contributed by atoms with Crippen molar-refractivity contribution >= 4 is 16.3 Å². The molecule has 3 heterocycles. The Kier molecular flexibility index (Phi) is 2.84. The lowest BCUT2D eigenvalue weighted by Crippen LogP contribution is -2.32. The van der Waals surface area contributed by atoms with Crippen LogP contribution in [0.1, 0.15) is 43.4 Å². The Bertz CT molecular complexity index is 555. The van der Waals surface area contributed by atoms with E-state index in [1.165, 1.54) is 11.3 Å². The number of nitrogens with two attached hydrogens (primary N) is 1. The van der Waals surface area contributed by atoms with Crippen molar-refractivity contribution in [2.45, 2.75) is 38.1 Å². The molecule has 2 aromatic rings. The standard InChI is InChI=1S/C11H17N5OS/c1-3-11(2,12)9-15-16-8(7-4-5-17-6-7)13-14-10(16)18-9/h7H,3-6,12H2,1-2H3. The number of rotatable bonds is 3. The molecule has 0 spiro atoms. The zero-order chi connectivity index (χ0) is 12.8. The summed E-state index contributed by atoms with van der Waals surface area (Å²) in [5.41, 5.74) is 5.83. The smallest absolute Gasteiger partial charge is 0.234 e. The normalized spacial score (nSPS) is 23.6. The molecule has 2 aromatic heterocycles. The van der Waals surface area contributed by atoms with Gasteiger partial charge in [0.25, 0.3) is 0 Å². The van der Waals surface area contributed by atoms with Crippen molar-refractivity contribution < 1.29 is 4.74 Å². The second-order valence-electron chi connectivity index (χ2n) is 4.99. The molecule has 18 heavy (non-hydrogen) atoms. The van der Waals surface area contributed by atoms with Gasteiger partial charge in [0, 0.05) is 12.5 Å². The molecule has 1 aliphatic heterocycles. The van der Waals surface area contributed by atoms with Crippen LogP contribution in [-0.4, -0.2) is 33.0 Å². The van der Waals surface area contributed by atoms with Gasteiger partial charge in [-0.1, -0.05) is 18.3 Å². The predicted molar refractivity (Wildman–Crippen MR) is 68.7 cm³/mol. The summed E-state index contributed by atoms with van der Waals surface area (Å²) in [6.45, 7) is 5.56. The van der Waals surface area contributed by atoms with E-state index in [-0.39, 0.29) is 0 Å². The Morgan fingerprint density at radius 3 is 3.06 bits per heavy atom. The minimum absolute atomic E-state index is 0.306. The minimum atomic E-state index is -0.394. The largest absolute Gasteiger partial charge is 0.381 e. The topological polar surface area (TPSA) is 78.3 Å². The van der Waals surface area contributed by atoms with E-state index < -0.39 is 5.54 Å². The van der Waals surface area contributed by atoms with E-state index in [4.69, 9.17) is 10.5 Å². The first-order chi connectivity index (χ1) is 8.62. The molecular formula is C11H17N5OS. The lowest BCUT2D eigenvalue weighted by molar-refractivity contribution is 0.193. The third-order valence-corrected chi connectivity index (χ3v) is 4.71. The molecule has 1 aliphatic rings. The maximum absolute atomic E-state index is 6.23. The predicted octanol–water partition coefficient (Wildman–Crippen LogP) is 1.27. The summed E-state index contributed by atoms with van der Waals surface area (Å²) in [6.07, 6.45) is 1.83. The van der Waals surface area contributed by atoms with Gasteiger partial charge in [0.15, 0.2) is 5.82 Å². The van der Waals surface area contributed by atoms with Crippen molar-refractivity contribution in [2.24, 2.45) is 5.73 Å². The second kappa shape index (κ2) is 4.25. The Labute approximate surface area is 109 Å². The summed E-state index contributed by atoms with van der Waals surface area (Å²) in [7, 11) is 0. The van der Waals surface area contributed by atoms with Crippen molar-refractivity contribution in [3.8, 4) is 0 Å². The summed E-state index contributed by atoms with van der Waals surface area (Å²) in [6, 6.07) is 0. The molecule has 0 aliphatic carbocycles. The Morgan fingerprint density at radius 1 is 1.56 bits per heavy atom. The highest BCUT2D eigenvalue weighted by Crippen LogP contribution is 2.29. The maximum atomic E-state index is 6.23. The molecule has 6 nitrogen and oxygen atoms in total. The minimum Gasteiger partial charge on any atom is -0.381 e. The van der Waals surface area contributed by atoms with Crippen LogP contribution in [0.2, 0.25) is 0 Å². The summed E-state index contributed by atoms with van der Waals surface area (Å²) >= 11 is 1.52. The average molecular weight is 267 g/mol. The van der Waals surface area contributed by atoms with E-state index in [1.54, 1.807) is 0 Å². The fourth-order valence-electron chi connectivity index (χ4n) is 2.01. The molecule has 0 amide bonds. The zero-order valence-electron chi connectivity index (χ0n) is 10.6. The van der Waals surface area contributed by atoms with Crippen molar-refractivity contribution in [1.82, 2.24) is 19.8 Å². The van der Waals surface area contributed by atoms with Gasteiger partial charge in [-0.15, -0.1) is 10.2 Å². The molecule has 98 valence electrons. The monoisotopic (exact) mass is 267 g/mol. The Hall–Kier alpha value is -1.05. The number of ether oxygens (including phenoxy) is 1. The highest BCUT2D eigenvalue weighted by atomic mass is 32.1. The first-order valence-electron chi connectivity index (χ1n) is 6.21. The molecule has 2 atom stereocenters. The molecular weight excluding hydrogens is 250 g/mol. The van der Waals surface area contributed by atoms with E-state index in [2.05, 4.69) is 22.2 Å². The van der Waals surface area contributed by atoms with Gasteiger partial charge in [0.1, 0.15) is 5.01 Å². The fraction of sp³-hybridized carbons (Fsp3) is 0.727. The zero-order valence-corrected chi connectivity index (χ0v) is 11.4. The van der Waals surface area contributed by atoms with Crippen LogP contribution in [0.25, 0.3) is 4.96 Å². The Morgan fingerprint density at radius 2 is 2.39 bits per heavy atom. The van der Waals surface area contributed by atoms with E-state index >= 15 is 0 Å². The van der Waals surface area contributed by atoms with Crippen LogP contribution >= 0.6 is 11.3 Å². The van der Waals surface area contributed by atoms with E-state index in [1.807, 2.05) is 11.4 Å². The molecule has 2 unspecified atom stereocenters. The van der Waals surface area contributed by atoms with Crippen molar-refractivity contribution in [3.63, 3.8) is 0 Å².